The van der Waals surface area contributed by atoms with Gasteiger partial charge in [0.1, 0.15) is 0 Å². The maximum atomic E-state index is 11.5. The van der Waals surface area contributed by atoms with Crippen molar-refractivity contribution in [2.75, 3.05) is 24.0 Å². The van der Waals surface area contributed by atoms with Crippen LogP contribution >= 0.6 is 23.5 Å². The molecule has 3 nitrogen and oxygen atoms in total. The number of nitrogens with one attached hydrogen (secondary N) is 1. The Kier molecular flexibility index (Phi) is 9.92. The molecule has 1 atom stereocenters. The van der Waals surface area contributed by atoms with E-state index in [0.717, 1.165) is 24.3 Å². The van der Waals surface area contributed by atoms with E-state index in [4.69, 9.17) is 0 Å². The molecule has 94 valence electrons. The zero-order valence-electron chi connectivity index (χ0n) is 10.2. The first kappa shape index (κ1) is 15.8. The van der Waals surface area contributed by atoms with Gasteiger partial charge >= 0.3 is 0 Å². The van der Waals surface area contributed by atoms with Crippen LogP contribution < -0.4 is 5.32 Å². The molecule has 0 aliphatic rings. The Hall–Kier alpha value is -0.160. The maximum Gasteiger partial charge on any atom is 0.220 e. The van der Waals surface area contributed by atoms with E-state index in [-0.39, 0.29) is 17.7 Å². The van der Waals surface area contributed by atoms with E-state index in [1.807, 2.05) is 12.5 Å². The normalized spacial score (nSPS) is 12.2. The lowest BCUT2D eigenvalue weighted by molar-refractivity contribution is -0.126. The average Bonchev–Trinajstić information content (AvgIpc) is 2.24. The molecule has 0 rings (SSSR count). The molecule has 0 aliphatic heterocycles. The summed E-state index contributed by atoms with van der Waals surface area (Å²) in [7, 11) is 0. The highest BCUT2D eigenvalue weighted by atomic mass is 32.2. The summed E-state index contributed by atoms with van der Waals surface area (Å²) < 4.78 is 0. The van der Waals surface area contributed by atoms with E-state index >= 15 is 0 Å². The minimum Gasteiger partial charge on any atom is -0.346 e. The topological polar surface area (TPSA) is 46.2 Å². The monoisotopic (exact) mass is 263 g/mol. The highest BCUT2D eigenvalue weighted by Gasteiger charge is 2.15. The fourth-order valence-corrected chi connectivity index (χ4v) is 2.16. The largest absolute Gasteiger partial charge is 0.346 e. The summed E-state index contributed by atoms with van der Waals surface area (Å²) in [6, 6.07) is -0.297. The van der Waals surface area contributed by atoms with Gasteiger partial charge in [-0.05, 0) is 43.8 Å². The minimum absolute atomic E-state index is 0.00430. The summed E-state index contributed by atoms with van der Waals surface area (Å²) in [4.78, 5) is 22.8. The van der Waals surface area contributed by atoms with Crippen molar-refractivity contribution in [3.63, 3.8) is 0 Å². The van der Waals surface area contributed by atoms with Gasteiger partial charge in [-0.15, -0.1) is 0 Å². The number of amides is 1. The lowest BCUT2D eigenvalue weighted by Gasteiger charge is -2.15. The molecule has 16 heavy (non-hydrogen) atoms. The Morgan fingerprint density at radius 1 is 1.19 bits per heavy atom. The van der Waals surface area contributed by atoms with E-state index in [1.165, 1.54) is 6.92 Å². The third kappa shape index (κ3) is 8.05. The molecule has 5 heteroatoms. The number of carbonyl (C=O) groups is 2. The van der Waals surface area contributed by atoms with Gasteiger partial charge in [-0.1, -0.05) is 0 Å². The van der Waals surface area contributed by atoms with Gasteiger partial charge < -0.3 is 5.32 Å². The number of ketones is 1. The van der Waals surface area contributed by atoms with Crippen LogP contribution in [-0.4, -0.2) is 41.7 Å². The van der Waals surface area contributed by atoms with E-state index < -0.39 is 0 Å². The molecule has 0 heterocycles. The summed E-state index contributed by atoms with van der Waals surface area (Å²) in [5, 5.41) is 2.80. The van der Waals surface area contributed by atoms with Crippen LogP contribution in [0.15, 0.2) is 0 Å². The second-order valence-electron chi connectivity index (χ2n) is 3.61. The van der Waals surface area contributed by atoms with Gasteiger partial charge in [0.2, 0.25) is 5.91 Å². The quantitative estimate of drug-likeness (QED) is 0.646. The smallest absolute Gasteiger partial charge is 0.220 e. The van der Waals surface area contributed by atoms with Crippen molar-refractivity contribution < 1.29 is 9.59 Å². The molecule has 1 N–H and O–H groups in total. The number of hydrogen-bond donors (Lipinski definition) is 1. The van der Waals surface area contributed by atoms with Gasteiger partial charge in [-0.2, -0.15) is 23.5 Å². The fourth-order valence-electron chi connectivity index (χ4n) is 1.26. The zero-order valence-corrected chi connectivity index (χ0v) is 11.9. The maximum absolute atomic E-state index is 11.5. The van der Waals surface area contributed by atoms with Gasteiger partial charge in [0.25, 0.3) is 0 Å². The molecule has 0 radical (unpaired) electrons. The van der Waals surface area contributed by atoms with Crippen LogP contribution in [0.4, 0.5) is 0 Å². The third-order valence-electron chi connectivity index (χ3n) is 2.19. The van der Waals surface area contributed by atoms with Crippen LogP contribution in [0.25, 0.3) is 0 Å². The van der Waals surface area contributed by atoms with Crippen LogP contribution in [0, 0.1) is 0 Å². The molecule has 0 aliphatic carbocycles. The number of thioether (sulfide) groups is 2. The van der Waals surface area contributed by atoms with E-state index in [0.29, 0.717) is 6.42 Å². The van der Waals surface area contributed by atoms with Crippen LogP contribution in [-0.2, 0) is 9.59 Å². The van der Waals surface area contributed by atoms with Gasteiger partial charge in [0, 0.05) is 6.42 Å². The molecule has 0 aromatic rings. The second kappa shape index (κ2) is 10.0. The van der Waals surface area contributed by atoms with Crippen molar-refractivity contribution in [2.45, 2.75) is 32.2 Å². The lowest BCUT2D eigenvalue weighted by atomic mass is 10.1. The van der Waals surface area contributed by atoms with Crippen LogP contribution in [0.1, 0.15) is 26.2 Å². The standard InChI is InChI=1S/C11H21NO2S2/c1-9(13)10(6-8-16-3)12-11(14)5-4-7-15-2/h10H,4-8H2,1-3H3,(H,12,14). The highest BCUT2D eigenvalue weighted by Crippen LogP contribution is 2.04. The number of carbonyl (C=O) groups excluding carboxylic acids is 2. The SMILES string of the molecule is CSCCCC(=O)NC(CCSC)C(C)=O. The average molecular weight is 263 g/mol. The molecule has 0 aromatic heterocycles. The van der Waals surface area contributed by atoms with Crippen molar-refractivity contribution in [3.05, 3.63) is 0 Å². The molecule has 0 bridgehead atoms. The fraction of sp³-hybridized carbons (Fsp3) is 0.818. The summed E-state index contributed by atoms with van der Waals surface area (Å²) in [5.41, 5.74) is 0. The Balaban J connectivity index is 3.88. The van der Waals surface area contributed by atoms with Crippen molar-refractivity contribution in [3.8, 4) is 0 Å². The molecule has 0 spiro atoms. The van der Waals surface area contributed by atoms with Gasteiger partial charge in [-0.3, -0.25) is 9.59 Å². The third-order valence-corrected chi connectivity index (χ3v) is 3.53. The van der Waals surface area contributed by atoms with E-state index in [1.54, 1.807) is 23.5 Å². The second-order valence-corrected chi connectivity index (χ2v) is 5.58. The first-order valence-corrected chi connectivity index (χ1v) is 8.18. The first-order chi connectivity index (χ1) is 7.61. The van der Waals surface area contributed by atoms with Crippen molar-refractivity contribution in [1.29, 1.82) is 0 Å². The summed E-state index contributed by atoms with van der Waals surface area (Å²) in [5.74, 6) is 1.93. The lowest BCUT2D eigenvalue weighted by Crippen LogP contribution is -2.40. The first-order valence-electron chi connectivity index (χ1n) is 5.39. The minimum atomic E-state index is -0.297. The summed E-state index contributed by atoms with van der Waals surface area (Å²) >= 11 is 3.42. The van der Waals surface area contributed by atoms with Crippen LogP contribution in [0.2, 0.25) is 0 Å². The van der Waals surface area contributed by atoms with Gasteiger partial charge in [0.15, 0.2) is 5.78 Å². The Labute approximate surface area is 107 Å². The van der Waals surface area contributed by atoms with Crippen LogP contribution in [0.5, 0.6) is 0 Å². The highest BCUT2D eigenvalue weighted by molar-refractivity contribution is 7.98. The van der Waals surface area contributed by atoms with Crippen molar-refractivity contribution in [1.82, 2.24) is 5.32 Å². The number of rotatable bonds is 9. The Morgan fingerprint density at radius 2 is 1.81 bits per heavy atom. The van der Waals surface area contributed by atoms with Gasteiger partial charge in [-0.25, -0.2) is 0 Å². The van der Waals surface area contributed by atoms with E-state index in [2.05, 4.69) is 5.32 Å². The molecule has 0 aromatic carbocycles. The molecule has 0 saturated carbocycles. The van der Waals surface area contributed by atoms with Crippen LogP contribution in [0.3, 0.4) is 0 Å². The Bertz CT molecular complexity index is 222. The van der Waals surface area contributed by atoms with Gasteiger partial charge in [0.05, 0.1) is 6.04 Å². The summed E-state index contributed by atoms with van der Waals surface area (Å²) in [6.07, 6.45) is 6.14. The van der Waals surface area contributed by atoms with Crippen molar-refractivity contribution >= 4 is 35.2 Å². The predicted octanol–water partition coefficient (Wildman–Crippen LogP) is 1.96. The number of hydrogen-bond acceptors (Lipinski definition) is 4. The molecule has 0 fully saturated rings. The zero-order chi connectivity index (χ0) is 12.4. The predicted molar refractivity (Wildman–Crippen MR) is 73.2 cm³/mol. The molecule has 1 amide bonds. The Morgan fingerprint density at radius 3 is 2.31 bits per heavy atom. The molecule has 1 unspecified atom stereocenters. The summed E-state index contributed by atoms with van der Waals surface area (Å²) in [6.45, 7) is 1.53. The molecule has 0 saturated heterocycles. The number of Topliss-reactive ketones (excluding diaryl/α,β-unsaturated/α-hetero) is 1. The van der Waals surface area contributed by atoms with E-state index in [9.17, 15) is 9.59 Å². The molecular formula is C11H21NO2S2. The van der Waals surface area contributed by atoms with Crippen molar-refractivity contribution in [2.24, 2.45) is 0 Å². The molecular weight excluding hydrogens is 242 g/mol.